The first-order chi connectivity index (χ1) is 13.9. The van der Waals surface area contributed by atoms with E-state index in [1.54, 1.807) is 22.1 Å². The normalized spacial score (nSPS) is 11.8. The number of amides is 1. The maximum Gasteiger partial charge on any atom is 0.272 e. The van der Waals surface area contributed by atoms with Crippen LogP contribution in [0.3, 0.4) is 0 Å². The van der Waals surface area contributed by atoms with Crippen molar-refractivity contribution in [3.63, 3.8) is 0 Å². The predicted octanol–water partition coefficient (Wildman–Crippen LogP) is 5.02. The summed E-state index contributed by atoms with van der Waals surface area (Å²) in [6, 6.07) is 13.5. The number of thiophene rings is 1. The van der Waals surface area contributed by atoms with E-state index in [-0.39, 0.29) is 5.91 Å². The quantitative estimate of drug-likeness (QED) is 0.338. The lowest BCUT2D eigenvalue weighted by atomic mass is 10.1. The smallest absolute Gasteiger partial charge is 0.267 e. The second kappa shape index (κ2) is 7.88. The Morgan fingerprint density at radius 2 is 1.97 bits per heavy atom. The summed E-state index contributed by atoms with van der Waals surface area (Å²) in [6.45, 7) is 5.61. The Labute approximate surface area is 180 Å². The maximum absolute atomic E-state index is 13.0. The molecule has 0 atom stereocenters. The lowest BCUT2D eigenvalue weighted by Gasteiger charge is -2.07. The number of benzene rings is 1. The van der Waals surface area contributed by atoms with Gasteiger partial charge in [-0.3, -0.25) is 4.79 Å². The number of halogens is 1. The van der Waals surface area contributed by atoms with Crippen molar-refractivity contribution in [3.8, 4) is 5.69 Å². The van der Waals surface area contributed by atoms with Crippen molar-refractivity contribution in [3.05, 3.63) is 74.1 Å². The minimum Gasteiger partial charge on any atom is -0.267 e. The zero-order valence-corrected chi connectivity index (χ0v) is 18.5. The summed E-state index contributed by atoms with van der Waals surface area (Å²) in [5, 5.41) is 11.6. The fraction of sp³-hybridized carbons (Fsp3) is 0.143. The Morgan fingerprint density at radius 3 is 2.66 bits per heavy atom. The van der Waals surface area contributed by atoms with Crippen molar-refractivity contribution in [2.45, 2.75) is 20.8 Å². The van der Waals surface area contributed by atoms with Crippen LogP contribution in [-0.2, 0) is 0 Å². The van der Waals surface area contributed by atoms with Crippen molar-refractivity contribution < 1.29 is 4.79 Å². The Kier molecular flexibility index (Phi) is 5.29. The molecule has 0 saturated heterocycles. The molecule has 1 amide bonds. The van der Waals surface area contributed by atoms with Gasteiger partial charge in [0.1, 0.15) is 0 Å². The number of fused-ring (bicyclic) bond motifs is 1. The van der Waals surface area contributed by atoms with Crippen LogP contribution in [0.5, 0.6) is 0 Å². The third-order valence-corrected chi connectivity index (χ3v) is 6.24. The Hall–Kier alpha value is -2.84. The van der Waals surface area contributed by atoms with E-state index in [0.29, 0.717) is 11.2 Å². The number of rotatable bonds is 4. The zero-order chi connectivity index (χ0) is 20.5. The minimum atomic E-state index is -0.286. The van der Waals surface area contributed by atoms with Crippen molar-refractivity contribution >= 4 is 49.9 Å². The van der Waals surface area contributed by atoms with Gasteiger partial charge in [-0.25, -0.2) is 15.1 Å². The van der Waals surface area contributed by atoms with Crippen LogP contribution in [0.1, 0.15) is 33.5 Å². The molecule has 1 N–H and O–H groups in total. The second-order valence-corrected chi connectivity index (χ2v) is 8.44. The average molecular weight is 468 g/mol. The molecule has 0 aliphatic carbocycles. The molecule has 29 heavy (non-hydrogen) atoms. The molecule has 0 aliphatic heterocycles. The first kappa shape index (κ1) is 19.5. The monoisotopic (exact) mass is 467 g/mol. The van der Waals surface area contributed by atoms with E-state index in [1.807, 2.05) is 62.5 Å². The summed E-state index contributed by atoms with van der Waals surface area (Å²) in [6.07, 6.45) is 0. The third kappa shape index (κ3) is 3.86. The van der Waals surface area contributed by atoms with Crippen LogP contribution in [-0.4, -0.2) is 26.4 Å². The number of hydrogen-bond acceptors (Lipinski definition) is 5. The number of nitrogens with one attached hydrogen (secondary N) is 1. The van der Waals surface area contributed by atoms with Gasteiger partial charge >= 0.3 is 0 Å². The van der Waals surface area contributed by atoms with Crippen LogP contribution >= 0.6 is 27.3 Å². The van der Waals surface area contributed by atoms with Crippen LogP contribution in [0.2, 0.25) is 0 Å². The van der Waals surface area contributed by atoms with Gasteiger partial charge in [0.05, 0.1) is 32.9 Å². The molecule has 4 rings (SSSR count). The number of hydrazone groups is 1. The largest absolute Gasteiger partial charge is 0.272 e. The lowest BCUT2D eigenvalue weighted by molar-refractivity contribution is 0.0956. The van der Waals surface area contributed by atoms with Crippen molar-refractivity contribution in [2.75, 3.05) is 0 Å². The van der Waals surface area contributed by atoms with E-state index in [4.69, 9.17) is 0 Å². The van der Waals surface area contributed by atoms with E-state index >= 15 is 0 Å². The van der Waals surface area contributed by atoms with E-state index in [9.17, 15) is 4.79 Å². The fourth-order valence-electron chi connectivity index (χ4n) is 3.10. The summed E-state index contributed by atoms with van der Waals surface area (Å²) in [7, 11) is 0. The SMILES string of the molecule is C/C(=N/NC(=O)c1cc(C)nc2c1c(C)nn2-c1ccccc1)c1cc(Br)cs1. The van der Waals surface area contributed by atoms with Crippen molar-refractivity contribution in [1.82, 2.24) is 20.2 Å². The van der Waals surface area contributed by atoms with Crippen LogP contribution in [0, 0.1) is 13.8 Å². The predicted molar refractivity (Wildman–Crippen MR) is 120 cm³/mol. The number of nitrogens with zero attached hydrogens (tertiary/aromatic N) is 4. The first-order valence-corrected chi connectivity index (χ1v) is 10.6. The first-order valence-electron chi connectivity index (χ1n) is 8.95. The molecule has 0 unspecified atom stereocenters. The summed E-state index contributed by atoms with van der Waals surface area (Å²) >= 11 is 4.99. The highest BCUT2D eigenvalue weighted by atomic mass is 79.9. The molecule has 0 bridgehead atoms. The van der Waals surface area contributed by atoms with Crippen LogP contribution in [0.15, 0.2) is 57.4 Å². The Bertz CT molecular complexity index is 1240. The van der Waals surface area contributed by atoms with E-state index in [1.165, 1.54) is 0 Å². The van der Waals surface area contributed by atoms with Gasteiger partial charge in [0, 0.05) is 15.5 Å². The molecule has 1 aromatic carbocycles. The highest BCUT2D eigenvalue weighted by Crippen LogP contribution is 2.25. The molecule has 0 saturated carbocycles. The summed E-state index contributed by atoms with van der Waals surface area (Å²) in [5.74, 6) is -0.286. The van der Waals surface area contributed by atoms with Gasteiger partial charge in [0.2, 0.25) is 0 Å². The molecule has 8 heteroatoms. The molecule has 3 aromatic heterocycles. The maximum atomic E-state index is 13.0. The number of hydrogen-bond donors (Lipinski definition) is 1. The zero-order valence-electron chi connectivity index (χ0n) is 16.1. The van der Waals surface area contributed by atoms with E-state index < -0.39 is 0 Å². The van der Waals surface area contributed by atoms with Gasteiger partial charge in [0.25, 0.3) is 5.91 Å². The number of pyridine rings is 1. The Morgan fingerprint density at radius 1 is 1.21 bits per heavy atom. The van der Waals surface area contributed by atoms with Crippen LogP contribution < -0.4 is 5.43 Å². The van der Waals surface area contributed by atoms with Gasteiger partial charge in [-0.15, -0.1) is 11.3 Å². The number of carbonyl (C=O) groups excluding carboxylic acids is 1. The van der Waals surface area contributed by atoms with Gasteiger partial charge in [-0.05, 0) is 61.0 Å². The van der Waals surface area contributed by atoms with Gasteiger partial charge < -0.3 is 0 Å². The van der Waals surface area contributed by atoms with Gasteiger partial charge in [-0.2, -0.15) is 10.2 Å². The molecule has 0 aliphatic rings. The Balaban J connectivity index is 1.74. The average Bonchev–Trinajstić information content (AvgIpc) is 3.29. The van der Waals surface area contributed by atoms with Crippen molar-refractivity contribution in [2.24, 2.45) is 5.10 Å². The summed E-state index contributed by atoms with van der Waals surface area (Å²) in [4.78, 5) is 18.6. The lowest BCUT2D eigenvalue weighted by Crippen LogP contribution is -2.20. The third-order valence-electron chi connectivity index (χ3n) is 4.44. The highest BCUT2D eigenvalue weighted by Gasteiger charge is 2.19. The molecule has 0 fully saturated rings. The highest BCUT2D eigenvalue weighted by molar-refractivity contribution is 9.10. The van der Waals surface area contributed by atoms with Crippen molar-refractivity contribution in [1.29, 1.82) is 0 Å². The van der Waals surface area contributed by atoms with Gasteiger partial charge in [0.15, 0.2) is 5.65 Å². The number of carbonyl (C=O) groups is 1. The second-order valence-electron chi connectivity index (χ2n) is 6.61. The molecule has 6 nitrogen and oxygen atoms in total. The topological polar surface area (TPSA) is 72.2 Å². The number of para-hydroxylation sites is 1. The molecule has 0 radical (unpaired) electrons. The molecule has 4 aromatic rings. The van der Waals surface area contributed by atoms with Crippen LogP contribution in [0.25, 0.3) is 16.7 Å². The minimum absolute atomic E-state index is 0.286. The summed E-state index contributed by atoms with van der Waals surface area (Å²) < 4.78 is 2.76. The fourth-order valence-corrected chi connectivity index (χ4v) is 4.47. The summed E-state index contributed by atoms with van der Waals surface area (Å²) in [5.41, 5.74) is 6.96. The molecule has 146 valence electrons. The number of aromatic nitrogens is 3. The molecule has 0 spiro atoms. The van der Waals surface area contributed by atoms with Gasteiger partial charge in [-0.1, -0.05) is 18.2 Å². The standard InChI is InChI=1S/C21H18BrN5OS/c1-12-9-17(21(28)25-24-13(2)18-10-15(22)11-29-18)19-14(3)26-27(20(19)23-12)16-7-5-4-6-8-16/h4-11H,1-3H3,(H,25,28)/b24-13-. The van der Waals surface area contributed by atoms with Crippen LogP contribution in [0.4, 0.5) is 0 Å². The molecule has 3 heterocycles. The van der Waals surface area contributed by atoms with E-state index in [2.05, 4.69) is 36.5 Å². The van der Waals surface area contributed by atoms with E-state index in [0.717, 1.165) is 37.5 Å². The molecular weight excluding hydrogens is 450 g/mol. The molecular formula is C21H18BrN5OS. The number of aryl methyl sites for hydroxylation is 2.